The van der Waals surface area contributed by atoms with E-state index in [-0.39, 0.29) is 0 Å². The van der Waals surface area contributed by atoms with Gasteiger partial charge in [-0.25, -0.2) is 0 Å². The summed E-state index contributed by atoms with van der Waals surface area (Å²) in [4.78, 5) is 0. The summed E-state index contributed by atoms with van der Waals surface area (Å²) in [5, 5.41) is 0. The molecule has 0 aliphatic heterocycles. The summed E-state index contributed by atoms with van der Waals surface area (Å²) >= 11 is 0. The second-order valence-electron chi connectivity index (χ2n) is 7.49. The first kappa shape index (κ1) is 11.6. The Morgan fingerprint density at radius 2 is 0.778 bits per heavy atom. The molecule has 0 aromatic rings. The van der Waals surface area contributed by atoms with Crippen LogP contribution in [0, 0.1) is 35.5 Å². The molecular weight excluding hydrogens is 216 g/mol. The minimum atomic E-state index is 1.08. The number of allylic oxidation sites excluding steroid dienone is 2. The van der Waals surface area contributed by atoms with Crippen molar-refractivity contribution in [1.29, 1.82) is 0 Å². The highest BCUT2D eigenvalue weighted by atomic mass is 14.5. The Morgan fingerprint density at radius 3 is 1.17 bits per heavy atom. The Kier molecular flexibility index (Phi) is 3.01. The zero-order valence-electron chi connectivity index (χ0n) is 11.7. The van der Waals surface area contributed by atoms with E-state index < -0.39 is 0 Å². The standard InChI is InChI=1S/C18H28/c1-2-8-14-13(7-1)15-9-3-4-11-17(15)18-12-6-5-10-16(14)18/h1-2,13-18H,3-12H2. The summed E-state index contributed by atoms with van der Waals surface area (Å²) in [6.45, 7) is 0. The average molecular weight is 244 g/mol. The van der Waals surface area contributed by atoms with Crippen molar-refractivity contribution in [3.63, 3.8) is 0 Å². The summed E-state index contributed by atoms with van der Waals surface area (Å²) in [5.41, 5.74) is 0. The first-order valence-corrected chi connectivity index (χ1v) is 8.60. The van der Waals surface area contributed by atoms with Crippen molar-refractivity contribution >= 4 is 0 Å². The van der Waals surface area contributed by atoms with Gasteiger partial charge in [0.15, 0.2) is 0 Å². The lowest BCUT2D eigenvalue weighted by Gasteiger charge is -2.56. The van der Waals surface area contributed by atoms with Gasteiger partial charge >= 0.3 is 0 Å². The lowest BCUT2D eigenvalue weighted by molar-refractivity contribution is -0.0623. The molecule has 100 valence electrons. The van der Waals surface area contributed by atoms with Crippen LogP contribution in [0.15, 0.2) is 12.2 Å². The fourth-order valence-corrected chi connectivity index (χ4v) is 6.34. The Hall–Kier alpha value is -0.260. The van der Waals surface area contributed by atoms with Crippen LogP contribution in [0.4, 0.5) is 0 Å². The smallest absolute Gasteiger partial charge is 0.0314 e. The second kappa shape index (κ2) is 4.69. The maximum atomic E-state index is 2.51. The van der Waals surface area contributed by atoms with Crippen molar-refractivity contribution in [1.82, 2.24) is 0 Å². The van der Waals surface area contributed by atoms with Crippen molar-refractivity contribution < 1.29 is 0 Å². The fraction of sp³-hybridized carbons (Fsp3) is 0.889. The van der Waals surface area contributed by atoms with Crippen LogP contribution in [-0.4, -0.2) is 0 Å². The minimum absolute atomic E-state index is 1.08. The summed E-state index contributed by atoms with van der Waals surface area (Å²) in [6.07, 6.45) is 20.3. The zero-order valence-corrected chi connectivity index (χ0v) is 11.7. The largest absolute Gasteiger partial charge is 0.0882 e. The molecule has 4 aliphatic rings. The molecule has 0 bridgehead atoms. The second-order valence-corrected chi connectivity index (χ2v) is 7.49. The van der Waals surface area contributed by atoms with Crippen molar-refractivity contribution in [2.75, 3.05) is 0 Å². The molecule has 0 aromatic carbocycles. The number of hydrogen-bond acceptors (Lipinski definition) is 0. The van der Waals surface area contributed by atoms with E-state index in [9.17, 15) is 0 Å². The molecule has 3 saturated carbocycles. The van der Waals surface area contributed by atoms with Crippen LogP contribution in [0.25, 0.3) is 0 Å². The predicted octanol–water partition coefficient (Wildman–Crippen LogP) is 5.20. The van der Waals surface area contributed by atoms with E-state index in [1.165, 1.54) is 38.5 Å². The molecule has 0 saturated heterocycles. The van der Waals surface area contributed by atoms with Crippen LogP contribution < -0.4 is 0 Å². The summed E-state index contributed by atoms with van der Waals surface area (Å²) in [7, 11) is 0. The Balaban J connectivity index is 1.67. The lowest BCUT2D eigenvalue weighted by atomic mass is 9.49. The van der Waals surface area contributed by atoms with E-state index >= 15 is 0 Å². The van der Waals surface area contributed by atoms with E-state index in [1.807, 2.05) is 0 Å². The summed E-state index contributed by atoms with van der Waals surface area (Å²) in [5.74, 6) is 6.67. The van der Waals surface area contributed by atoms with Crippen molar-refractivity contribution in [3.8, 4) is 0 Å². The Bertz CT molecular complexity index is 297. The van der Waals surface area contributed by atoms with Crippen LogP contribution >= 0.6 is 0 Å². The van der Waals surface area contributed by atoms with Gasteiger partial charge in [0, 0.05) is 0 Å². The molecule has 0 aromatic heterocycles. The molecule has 0 N–H and O–H groups in total. The average Bonchev–Trinajstić information content (AvgIpc) is 2.48. The molecule has 18 heavy (non-hydrogen) atoms. The van der Waals surface area contributed by atoms with E-state index in [2.05, 4.69) is 12.2 Å². The first-order valence-electron chi connectivity index (χ1n) is 8.60. The predicted molar refractivity (Wildman–Crippen MR) is 76.3 cm³/mol. The maximum absolute atomic E-state index is 2.51. The normalized spacial score (nSPS) is 51.1. The SMILES string of the molecule is C1=CCC2C(C1)C1CCCCC1C1CCCCC21. The van der Waals surface area contributed by atoms with Gasteiger partial charge in [-0.05, 0) is 74.0 Å². The van der Waals surface area contributed by atoms with Crippen LogP contribution in [0.5, 0.6) is 0 Å². The molecular formula is C18H28. The maximum Gasteiger partial charge on any atom is -0.0314 e. The molecule has 3 fully saturated rings. The molecule has 0 radical (unpaired) electrons. The van der Waals surface area contributed by atoms with Gasteiger partial charge in [0.05, 0.1) is 0 Å². The summed E-state index contributed by atoms with van der Waals surface area (Å²) < 4.78 is 0. The topological polar surface area (TPSA) is 0 Å². The molecule has 6 atom stereocenters. The third kappa shape index (κ3) is 1.71. The van der Waals surface area contributed by atoms with Gasteiger partial charge < -0.3 is 0 Å². The van der Waals surface area contributed by atoms with E-state index in [1.54, 1.807) is 25.7 Å². The van der Waals surface area contributed by atoms with Gasteiger partial charge in [0.25, 0.3) is 0 Å². The van der Waals surface area contributed by atoms with E-state index in [0.29, 0.717) is 0 Å². The van der Waals surface area contributed by atoms with Gasteiger partial charge in [-0.1, -0.05) is 37.8 Å². The molecule has 4 aliphatic carbocycles. The Morgan fingerprint density at radius 1 is 0.444 bits per heavy atom. The van der Waals surface area contributed by atoms with Crippen LogP contribution in [-0.2, 0) is 0 Å². The molecule has 4 rings (SSSR count). The molecule has 0 nitrogen and oxygen atoms in total. The fourth-order valence-electron chi connectivity index (χ4n) is 6.34. The Labute approximate surface area is 112 Å². The van der Waals surface area contributed by atoms with Gasteiger partial charge in [0.1, 0.15) is 0 Å². The monoisotopic (exact) mass is 244 g/mol. The van der Waals surface area contributed by atoms with Crippen LogP contribution in [0.3, 0.4) is 0 Å². The molecule has 0 amide bonds. The number of rotatable bonds is 0. The van der Waals surface area contributed by atoms with Gasteiger partial charge in [-0.2, -0.15) is 0 Å². The van der Waals surface area contributed by atoms with Gasteiger partial charge in [-0.3, -0.25) is 0 Å². The highest BCUT2D eigenvalue weighted by molar-refractivity contribution is 5.06. The van der Waals surface area contributed by atoms with Crippen molar-refractivity contribution in [2.24, 2.45) is 35.5 Å². The highest BCUT2D eigenvalue weighted by Gasteiger charge is 2.50. The van der Waals surface area contributed by atoms with Crippen molar-refractivity contribution in [3.05, 3.63) is 12.2 Å². The van der Waals surface area contributed by atoms with Crippen LogP contribution in [0.2, 0.25) is 0 Å². The quantitative estimate of drug-likeness (QED) is 0.514. The third-order valence-corrected chi connectivity index (χ3v) is 6.93. The summed E-state index contributed by atoms with van der Waals surface area (Å²) in [6, 6.07) is 0. The lowest BCUT2D eigenvalue weighted by Crippen LogP contribution is -2.49. The number of hydrogen-bond donors (Lipinski definition) is 0. The molecule has 0 heterocycles. The molecule has 0 heteroatoms. The molecule has 0 spiro atoms. The number of fused-ring (bicyclic) bond motifs is 6. The third-order valence-electron chi connectivity index (χ3n) is 6.93. The zero-order chi connectivity index (χ0) is 11.9. The highest BCUT2D eigenvalue weighted by Crippen LogP contribution is 2.58. The van der Waals surface area contributed by atoms with Gasteiger partial charge in [0.2, 0.25) is 0 Å². The van der Waals surface area contributed by atoms with Crippen LogP contribution in [0.1, 0.15) is 64.2 Å². The van der Waals surface area contributed by atoms with E-state index in [4.69, 9.17) is 0 Å². The minimum Gasteiger partial charge on any atom is -0.0882 e. The first-order chi connectivity index (χ1) is 8.95. The van der Waals surface area contributed by atoms with E-state index in [0.717, 1.165) is 35.5 Å². The molecule has 6 unspecified atom stereocenters. The van der Waals surface area contributed by atoms with Crippen molar-refractivity contribution in [2.45, 2.75) is 64.2 Å². The van der Waals surface area contributed by atoms with Gasteiger partial charge in [-0.15, -0.1) is 0 Å².